The minimum Gasteiger partial charge on any atom is -0.416 e. The van der Waals surface area contributed by atoms with Crippen LogP contribution in [0.15, 0.2) is 17.3 Å². The number of unbranched alkanes of at least 4 members (excludes halogenated alkanes) is 11. The van der Waals surface area contributed by atoms with Crippen molar-refractivity contribution in [2.24, 2.45) is 5.11 Å². The number of nitrogens with zero attached hydrogens (tertiary/aromatic N) is 3. The molecule has 0 spiro atoms. The first kappa shape index (κ1) is 29.2. The maximum absolute atomic E-state index is 10.4. The highest BCUT2D eigenvalue weighted by atomic mass is 28.4. The summed E-state index contributed by atoms with van der Waals surface area (Å²) in [5, 5.41) is 14.3. The Morgan fingerprint density at radius 3 is 1.93 bits per heavy atom. The molecule has 0 unspecified atom stereocenters. The van der Waals surface area contributed by atoms with Gasteiger partial charge in [-0.05, 0) is 36.5 Å². The Hall–Kier alpha value is -0.813. The van der Waals surface area contributed by atoms with Crippen LogP contribution in [0.5, 0.6) is 0 Å². The van der Waals surface area contributed by atoms with Crippen molar-refractivity contribution in [2.45, 2.75) is 135 Å². The molecule has 5 nitrogen and oxygen atoms in total. The molecular formula is C24H49N3O2Si. The lowest BCUT2D eigenvalue weighted by Crippen LogP contribution is -2.43. The van der Waals surface area contributed by atoms with Crippen molar-refractivity contribution < 1.29 is 9.53 Å². The van der Waals surface area contributed by atoms with Crippen molar-refractivity contribution >= 4 is 8.32 Å². The highest BCUT2D eigenvalue weighted by molar-refractivity contribution is 6.74. The van der Waals surface area contributed by atoms with Crippen molar-refractivity contribution in [1.82, 2.24) is 0 Å². The summed E-state index contributed by atoms with van der Waals surface area (Å²) in [7, 11) is -1.93. The van der Waals surface area contributed by atoms with Crippen LogP contribution >= 0.6 is 0 Å². The van der Waals surface area contributed by atoms with Crippen LogP contribution in [-0.4, -0.2) is 32.2 Å². The van der Waals surface area contributed by atoms with Crippen molar-refractivity contribution in [2.75, 3.05) is 6.61 Å². The molecule has 6 heteroatoms. The average Bonchev–Trinajstić information content (AvgIpc) is 2.67. The summed E-state index contributed by atoms with van der Waals surface area (Å²) in [5.74, 6) is 0. The third-order valence-corrected chi connectivity index (χ3v) is 10.8. The molecule has 0 aromatic carbocycles. The number of hydrogen-bond acceptors (Lipinski definition) is 3. The molecule has 1 N–H and O–H groups in total. The van der Waals surface area contributed by atoms with E-state index in [0.717, 1.165) is 12.8 Å². The fourth-order valence-corrected chi connectivity index (χ4v) is 4.09. The molecular weight excluding hydrogens is 390 g/mol. The lowest BCUT2D eigenvalue weighted by atomic mass is 10.0. The SMILES string of the molecule is CCCCCCCCCCCCC/C=C/[C@@H](O)[C@H](CO[Si](C)(C)C(C)(C)C)N=[N+]=[N-]. The monoisotopic (exact) mass is 439 g/mol. The van der Waals surface area contributed by atoms with E-state index in [4.69, 9.17) is 9.96 Å². The predicted octanol–water partition coefficient (Wildman–Crippen LogP) is 8.31. The number of rotatable bonds is 18. The summed E-state index contributed by atoms with van der Waals surface area (Å²) >= 11 is 0. The van der Waals surface area contributed by atoms with Gasteiger partial charge in [-0.3, -0.25) is 0 Å². The summed E-state index contributed by atoms with van der Waals surface area (Å²) in [5.41, 5.74) is 8.84. The van der Waals surface area contributed by atoms with Crippen LogP contribution in [0.1, 0.15) is 105 Å². The zero-order valence-corrected chi connectivity index (χ0v) is 21.7. The van der Waals surface area contributed by atoms with E-state index in [1.54, 1.807) is 6.08 Å². The Morgan fingerprint density at radius 1 is 0.967 bits per heavy atom. The van der Waals surface area contributed by atoms with Gasteiger partial charge in [-0.2, -0.15) is 0 Å². The smallest absolute Gasteiger partial charge is 0.191 e. The summed E-state index contributed by atoms with van der Waals surface area (Å²) < 4.78 is 6.13. The molecule has 0 aliphatic heterocycles. The highest BCUT2D eigenvalue weighted by Gasteiger charge is 2.37. The maximum Gasteiger partial charge on any atom is 0.191 e. The highest BCUT2D eigenvalue weighted by Crippen LogP contribution is 2.36. The van der Waals surface area contributed by atoms with Gasteiger partial charge in [-0.15, -0.1) is 0 Å². The first-order valence-electron chi connectivity index (χ1n) is 12.2. The lowest BCUT2D eigenvalue weighted by Gasteiger charge is -2.37. The fraction of sp³-hybridized carbons (Fsp3) is 0.917. The van der Waals surface area contributed by atoms with Gasteiger partial charge in [0.15, 0.2) is 8.32 Å². The van der Waals surface area contributed by atoms with E-state index in [2.05, 4.69) is 50.8 Å². The van der Waals surface area contributed by atoms with Crippen LogP contribution in [-0.2, 0) is 4.43 Å². The Kier molecular flexibility index (Phi) is 16.4. The second kappa shape index (κ2) is 16.8. The first-order chi connectivity index (χ1) is 14.2. The van der Waals surface area contributed by atoms with Gasteiger partial charge in [-0.1, -0.05) is 109 Å². The third-order valence-electron chi connectivity index (χ3n) is 6.32. The molecule has 0 rings (SSSR count). The number of aliphatic hydroxyl groups is 1. The molecule has 2 atom stereocenters. The molecule has 0 aliphatic rings. The molecule has 0 fully saturated rings. The zero-order chi connectivity index (χ0) is 22.9. The van der Waals surface area contributed by atoms with Crippen molar-refractivity contribution in [1.29, 1.82) is 0 Å². The quantitative estimate of drug-likeness (QED) is 0.0582. The lowest BCUT2D eigenvalue weighted by molar-refractivity contribution is 0.146. The maximum atomic E-state index is 10.4. The van der Waals surface area contributed by atoms with E-state index in [9.17, 15) is 5.11 Å². The molecule has 0 saturated heterocycles. The Morgan fingerprint density at radius 2 is 1.47 bits per heavy atom. The normalized spacial score (nSPS) is 14.6. The van der Waals surface area contributed by atoms with Gasteiger partial charge in [0.1, 0.15) is 0 Å². The van der Waals surface area contributed by atoms with E-state index in [1.165, 1.54) is 64.2 Å². The summed E-state index contributed by atoms with van der Waals surface area (Å²) in [6.07, 6.45) is 18.6. The van der Waals surface area contributed by atoms with Crippen molar-refractivity contribution in [3.05, 3.63) is 22.6 Å². The van der Waals surface area contributed by atoms with Gasteiger partial charge < -0.3 is 9.53 Å². The van der Waals surface area contributed by atoms with Crippen LogP contribution in [0.3, 0.4) is 0 Å². The largest absolute Gasteiger partial charge is 0.416 e. The van der Waals surface area contributed by atoms with E-state index in [1.807, 2.05) is 6.08 Å². The molecule has 30 heavy (non-hydrogen) atoms. The fourth-order valence-electron chi connectivity index (χ4n) is 3.07. The van der Waals surface area contributed by atoms with Crippen molar-refractivity contribution in [3.8, 4) is 0 Å². The molecule has 0 heterocycles. The Bertz CT molecular complexity index is 497. The summed E-state index contributed by atoms with van der Waals surface area (Å²) in [4.78, 5) is 2.90. The minimum atomic E-state index is -1.93. The number of aliphatic hydroxyl groups excluding tert-OH is 1. The van der Waals surface area contributed by atoms with Gasteiger partial charge in [-0.25, -0.2) is 0 Å². The van der Waals surface area contributed by atoms with Gasteiger partial charge in [0.2, 0.25) is 0 Å². The van der Waals surface area contributed by atoms with E-state index < -0.39 is 20.5 Å². The predicted molar refractivity (Wildman–Crippen MR) is 132 cm³/mol. The standard InChI is InChI=1S/C24H49N3O2Si/c1-7-8-9-10-11-12-13-14-15-16-17-18-19-20-23(28)22(26-27-25)21-29-30(5,6)24(2,3)4/h19-20,22-23,28H,7-18,21H2,1-6H3/b20-19+/t22-,23+/m0/s1. The molecule has 0 amide bonds. The first-order valence-corrected chi connectivity index (χ1v) is 15.1. The van der Waals surface area contributed by atoms with E-state index in [-0.39, 0.29) is 11.6 Å². The molecule has 176 valence electrons. The van der Waals surface area contributed by atoms with Gasteiger partial charge in [0.05, 0.1) is 12.1 Å². The third kappa shape index (κ3) is 14.2. The van der Waals surface area contributed by atoms with Gasteiger partial charge >= 0.3 is 0 Å². The topological polar surface area (TPSA) is 78.2 Å². The average molecular weight is 440 g/mol. The van der Waals surface area contributed by atoms with E-state index >= 15 is 0 Å². The summed E-state index contributed by atoms with van der Waals surface area (Å²) in [6, 6.07) is -0.572. The molecule has 0 radical (unpaired) electrons. The van der Waals surface area contributed by atoms with Crippen LogP contribution in [0, 0.1) is 0 Å². The van der Waals surface area contributed by atoms with Gasteiger partial charge in [0.25, 0.3) is 0 Å². The Labute approximate surface area is 187 Å². The molecule has 0 aromatic rings. The second-order valence-corrected chi connectivity index (χ2v) is 14.9. The second-order valence-electron chi connectivity index (χ2n) is 10.1. The van der Waals surface area contributed by atoms with Crippen LogP contribution in [0.2, 0.25) is 18.1 Å². The van der Waals surface area contributed by atoms with Crippen LogP contribution < -0.4 is 0 Å². The van der Waals surface area contributed by atoms with Crippen molar-refractivity contribution in [3.63, 3.8) is 0 Å². The molecule has 0 saturated carbocycles. The van der Waals surface area contributed by atoms with E-state index in [0.29, 0.717) is 0 Å². The zero-order valence-electron chi connectivity index (χ0n) is 20.7. The minimum absolute atomic E-state index is 0.0871. The number of allylic oxidation sites excluding steroid dienone is 1. The Balaban J connectivity index is 4.00. The molecule has 0 aromatic heterocycles. The number of hydrogen-bond donors (Lipinski definition) is 1. The van der Waals surface area contributed by atoms with Crippen LogP contribution in [0.4, 0.5) is 0 Å². The number of azide groups is 1. The van der Waals surface area contributed by atoms with Gasteiger partial charge in [0, 0.05) is 11.5 Å². The van der Waals surface area contributed by atoms with Crippen LogP contribution in [0.25, 0.3) is 10.4 Å². The molecule has 0 bridgehead atoms. The molecule has 0 aliphatic carbocycles. The summed E-state index contributed by atoms with van der Waals surface area (Å²) in [6.45, 7) is 13.4.